The van der Waals surface area contributed by atoms with Gasteiger partial charge in [-0.1, -0.05) is 0 Å². The Morgan fingerprint density at radius 3 is 1.38 bits per heavy atom. The molecule has 0 aromatic carbocycles. The fourth-order valence-corrected chi connectivity index (χ4v) is 0. The summed E-state index contributed by atoms with van der Waals surface area (Å²) in [6.45, 7) is 0. The largest absolute Gasteiger partial charge is 1.00 e. The number of aliphatic hydroxyl groups excluding tert-OH is 1. The zero-order valence-electron chi connectivity index (χ0n) is 8.04. The van der Waals surface area contributed by atoms with E-state index in [1.165, 1.54) is 4.90 Å². The summed E-state index contributed by atoms with van der Waals surface area (Å²) in [6, 6.07) is 0. The van der Waals surface area contributed by atoms with E-state index in [1.54, 1.807) is 14.1 Å². The van der Waals surface area contributed by atoms with Crippen LogP contribution in [0.2, 0.25) is 0 Å². The summed E-state index contributed by atoms with van der Waals surface area (Å²) >= 11 is 0. The minimum atomic E-state index is -4.89. The van der Waals surface area contributed by atoms with Crippen LogP contribution in [0.4, 0.5) is 0 Å². The van der Waals surface area contributed by atoms with Gasteiger partial charge in [0.25, 0.3) is 7.82 Å². The van der Waals surface area contributed by atoms with Crippen molar-refractivity contribution < 1.29 is 80.5 Å². The van der Waals surface area contributed by atoms with E-state index in [9.17, 15) is 4.79 Å². The molecule has 0 unspecified atom stereocenters. The van der Waals surface area contributed by atoms with Crippen LogP contribution in [0.3, 0.4) is 0 Å². The molecule has 0 atom stereocenters. The Morgan fingerprint density at radius 2 is 1.38 bits per heavy atom. The van der Waals surface area contributed by atoms with Crippen molar-refractivity contribution in [3.63, 3.8) is 0 Å². The molecule has 0 aliphatic heterocycles. The number of phosphoric acid groups is 1. The minimum absolute atomic E-state index is 0. The van der Waals surface area contributed by atoms with Crippen molar-refractivity contribution in [1.82, 2.24) is 4.90 Å². The first-order chi connectivity index (χ1) is 5.27. The average molecular weight is 241 g/mol. The van der Waals surface area contributed by atoms with Crippen LogP contribution in [-0.2, 0) is 9.36 Å². The summed E-state index contributed by atoms with van der Waals surface area (Å²) in [5.41, 5.74) is 0. The topological polar surface area (TPSA) is 121 Å². The normalized spacial score (nSPS) is 7.62. The zero-order valence-corrected chi connectivity index (χ0v) is 12.1. The monoisotopic (exact) mass is 241 g/mol. The van der Waals surface area contributed by atoms with Crippen molar-refractivity contribution in [2.24, 2.45) is 0 Å². The van der Waals surface area contributed by atoms with Gasteiger partial charge in [0, 0.05) is 21.2 Å². The summed E-state index contributed by atoms with van der Waals surface area (Å²) in [7, 11) is -0.514. The number of carbonyl (C=O) groups is 1. The Morgan fingerprint density at radius 1 is 1.31 bits per heavy atom. The fraction of sp³-hybridized carbons (Fsp3) is 0.750. The molecule has 76 valence electrons. The second-order valence-electron chi connectivity index (χ2n) is 1.56. The summed E-state index contributed by atoms with van der Waals surface area (Å²) in [5, 5.41) is 7.00. The molecule has 0 aromatic heterocycles. The Labute approximate surface area is 119 Å². The van der Waals surface area contributed by atoms with Gasteiger partial charge in [0.15, 0.2) is 0 Å². The number of hydrogen-bond donors (Lipinski definition) is 3. The van der Waals surface area contributed by atoms with E-state index in [0.717, 1.165) is 13.5 Å². The van der Waals surface area contributed by atoms with Crippen LogP contribution >= 0.6 is 7.82 Å². The van der Waals surface area contributed by atoms with Gasteiger partial charge in [0.05, 0.1) is 0 Å². The molecule has 0 radical (unpaired) electrons. The molecule has 0 spiro atoms. The zero-order chi connectivity index (χ0) is 10.8. The molecule has 0 aliphatic carbocycles. The molecular formula is C4H13KNO6P. The SMILES string of the molecule is CN(C)C=O.CO.O=P([O-])(O)O.[K+]. The van der Waals surface area contributed by atoms with Crippen molar-refractivity contribution in [3.05, 3.63) is 0 Å². The molecule has 0 heterocycles. The van der Waals surface area contributed by atoms with Gasteiger partial charge in [0.1, 0.15) is 0 Å². The molecular weight excluding hydrogens is 228 g/mol. The van der Waals surface area contributed by atoms with Gasteiger partial charge >= 0.3 is 51.4 Å². The molecule has 0 fully saturated rings. The first-order valence-corrected chi connectivity index (χ1v) is 4.13. The van der Waals surface area contributed by atoms with Gasteiger partial charge in [-0.3, -0.25) is 9.36 Å². The van der Waals surface area contributed by atoms with E-state index in [-0.39, 0.29) is 51.4 Å². The van der Waals surface area contributed by atoms with Crippen LogP contribution in [0.15, 0.2) is 0 Å². The van der Waals surface area contributed by atoms with Crippen LogP contribution < -0.4 is 56.3 Å². The minimum Gasteiger partial charge on any atom is -0.756 e. The number of hydrogen-bond acceptors (Lipinski definition) is 4. The van der Waals surface area contributed by atoms with Gasteiger partial charge in [-0.15, -0.1) is 0 Å². The maximum atomic E-state index is 9.43. The summed E-state index contributed by atoms with van der Waals surface area (Å²) < 4.78 is 8.77. The van der Waals surface area contributed by atoms with Gasteiger partial charge in [0.2, 0.25) is 6.41 Å². The fourth-order valence-electron chi connectivity index (χ4n) is 0. The molecule has 7 nitrogen and oxygen atoms in total. The Balaban J connectivity index is -0.0000000491. The molecule has 0 saturated heterocycles. The number of rotatable bonds is 1. The Bertz CT molecular complexity index is 128. The van der Waals surface area contributed by atoms with E-state index >= 15 is 0 Å². The van der Waals surface area contributed by atoms with Crippen molar-refractivity contribution in [2.75, 3.05) is 21.2 Å². The third kappa shape index (κ3) is 163. The van der Waals surface area contributed by atoms with Crippen molar-refractivity contribution in [1.29, 1.82) is 0 Å². The summed E-state index contributed by atoms with van der Waals surface area (Å²) in [4.78, 5) is 33.8. The van der Waals surface area contributed by atoms with Gasteiger partial charge in [-0.2, -0.15) is 0 Å². The third-order valence-electron chi connectivity index (χ3n) is 0.211. The predicted molar refractivity (Wildman–Crippen MR) is 39.9 cm³/mol. The van der Waals surface area contributed by atoms with E-state index in [2.05, 4.69) is 0 Å². The van der Waals surface area contributed by atoms with Crippen LogP contribution in [0.5, 0.6) is 0 Å². The molecule has 0 aliphatic rings. The van der Waals surface area contributed by atoms with E-state index in [1.807, 2.05) is 0 Å². The molecule has 0 aromatic rings. The van der Waals surface area contributed by atoms with Gasteiger partial charge in [-0.05, 0) is 0 Å². The smallest absolute Gasteiger partial charge is 0.756 e. The van der Waals surface area contributed by atoms with Crippen LogP contribution in [0, 0.1) is 0 Å². The predicted octanol–water partition coefficient (Wildman–Crippen LogP) is -5.24. The Hall–Kier alpha value is 1.18. The van der Waals surface area contributed by atoms with Crippen molar-refractivity contribution in [3.8, 4) is 0 Å². The second-order valence-corrected chi connectivity index (χ2v) is 2.54. The van der Waals surface area contributed by atoms with Gasteiger partial charge in [-0.25, -0.2) is 0 Å². The molecule has 0 rings (SSSR count). The maximum Gasteiger partial charge on any atom is 1.00 e. The Kier molecular flexibility index (Phi) is 28.6. The molecule has 1 amide bonds. The molecule has 13 heavy (non-hydrogen) atoms. The molecule has 3 N–H and O–H groups in total. The second kappa shape index (κ2) is 15.6. The van der Waals surface area contributed by atoms with Crippen molar-refractivity contribution in [2.45, 2.75) is 0 Å². The van der Waals surface area contributed by atoms with E-state index in [0.29, 0.717) is 0 Å². The number of aliphatic hydroxyl groups is 1. The van der Waals surface area contributed by atoms with Crippen LogP contribution in [0.1, 0.15) is 0 Å². The quantitative estimate of drug-likeness (QED) is 0.239. The first kappa shape index (κ1) is 23.8. The maximum absolute atomic E-state index is 9.43. The molecule has 9 heteroatoms. The molecule has 0 bridgehead atoms. The molecule has 0 saturated carbocycles. The van der Waals surface area contributed by atoms with E-state index < -0.39 is 7.82 Å². The number of carbonyl (C=O) groups excluding carboxylic acids is 1. The van der Waals surface area contributed by atoms with Crippen molar-refractivity contribution >= 4 is 14.2 Å². The summed E-state index contributed by atoms with van der Waals surface area (Å²) in [6.07, 6.45) is 0.750. The van der Waals surface area contributed by atoms with E-state index in [4.69, 9.17) is 24.4 Å². The number of amides is 1. The van der Waals surface area contributed by atoms with Crippen LogP contribution in [0.25, 0.3) is 0 Å². The van der Waals surface area contributed by atoms with Crippen LogP contribution in [-0.4, -0.2) is 47.4 Å². The first-order valence-electron chi connectivity index (χ1n) is 2.60. The average Bonchev–Trinajstić information content (AvgIpc) is 1.89. The summed E-state index contributed by atoms with van der Waals surface area (Å²) in [5.74, 6) is 0. The third-order valence-corrected chi connectivity index (χ3v) is 0.211. The standard InChI is InChI=1S/C3H7NO.CH4O.K.H3O4P/c1-4(2)3-5;1-2;;1-5(2,3)4/h3H,1-2H3;2H,1H3;;(H3,1,2,3,4)/q;;+1;/p-1. The van der Waals surface area contributed by atoms with Gasteiger partial charge < -0.3 is 24.7 Å². The number of nitrogens with zero attached hydrogens (tertiary/aromatic N) is 1.